The van der Waals surface area contributed by atoms with Crippen LogP contribution in [0.2, 0.25) is 0 Å². The van der Waals surface area contributed by atoms with Gasteiger partial charge in [0.25, 0.3) is 0 Å². The molecule has 40 heavy (non-hydrogen) atoms. The topological polar surface area (TPSA) is 51.6 Å². The maximum Gasteiger partial charge on any atom is 0.169 e. The van der Waals surface area contributed by atoms with Crippen molar-refractivity contribution >= 4 is 0 Å². The lowest BCUT2D eigenvalue weighted by Crippen LogP contribution is -2.52. The van der Waals surface area contributed by atoms with Gasteiger partial charge >= 0.3 is 0 Å². The first-order chi connectivity index (χ1) is 19.3. The third-order valence-corrected chi connectivity index (χ3v) is 11.5. The van der Waals surface area contributed by atoms with Gasteiger partial charge in [-0.2, -0.15) is 0 Å². The molecule has 1 aromatic carbocycles. The van der Waals surface area contributed by atoms with Crippen LogP contribution in [-0.4, -0.2) is 35.2 Å². The molecule has 1 saturated heterocycles. The SMILES string of the molecule is CC1(C)COC2(CCC3=C4C(c5ccc(CCc6ccccn6)cc5)CC5(C)C(O)CCC5C4CCC3C2)OC1. The average Bonchev–Trinajstić information content (AvgIpc) is 3.27. The summed E-state index contributed by atoms with van der Waals surface area (Å²) in [4.78, 5) is 4.50. The standard InChI is InChI=1S/C36H47NO3/c1-34(2)22-39-36(40-23-34)18-17-28-26(20-36)12-14-29-31-15-16-32(38)35(31,3)21-30(33(28)29)25-10-7-24(8-11-25)9-13-27-6-4-5-19-37-27/h4-8,10-11,19,26,29-32,38H,9,12-18,20-23H2,1-3H3. The van der Waals surface area contributed by atoms with Crippen LogP contribution in [0.25, 0.3) is 0 Å². The minimum absolute atomic E-state index is 0.0148. The van der Waals surface area contributed by atoms with Gasteiger partial charge in [-0.05, 0) is 97.8 Å². The van der Waals surface area contributed by atoms with Crippen LogP contribution >= 0.6 is 0 Å². The van der Waals surface area contributed by atoms with Crippen molar-refractivity contribution in [1.82, 2.24) is 4.98 Å². The Morgan fingerprint density at radius 2 is 1.70 bits per heavy atom. The minimum atomic E-state index is -0.380. The maximum absolute atomic E-state index is 11.2. The fraction of sp³-hybridized carbons (Fsp3) is 0.639. The second kappa shape index (κ2) is 10.1. The molecule has 2 heterocycles. The fourth-order valence-electron chi connectivity index (χ4n) is 9.23. The molecule has 3 saturated carbocycles. The van der Waals surface area contributed by atoms with Gasteiger partial charge in [-0.15, -0.1) is 0 Å². The molecule has 214 valence electrons. The van der Waals surface area contributed by atoms with Crippen molar-refractivity contribution in [3.05, 3.63) is 76.6 Å². The Hall–Kier alpha value is -2.01. The highest BCUT2D eigenvalue weighted by Crippen LogP contribution is 2.65. The average molecular weight is 542 g/mol. The number of aromatic nitrogens is 1. The molecule has 4 heteroatoms. The highest BCUT2D eigenvalue weighted by Gasteiger charge is 2.57. The summed E-state index contributed by atoms with van der Waals surface area (Å²) in [6, 6.07) is 15.7. The number of aliphatic hydroxyl groups excluding tert-OH is 1. The number of ether oxygens (including phenoxy) is 2. The van der Waals surface area contributed by atoms with Crippen LogP contribution in [0.5, 0.6) is 0 Å². The largest absolute Gasteiger partial charge is 0.393 e. The Labute approximate surface area is 240 Å². The van der Waals surface area contributed by atoms with E-state index in [1.54, 1.807) is 11.1 Å². The fourth-order valence-corrected chi connectivity index (χ4v) is 9.23. The third kappa shape index (κ3) is 4.68. The van der Waals surface area contributed by atoms with E-state index in [9.17, 15) is 5.11 Å². The Morgan fingerprint density at radius 3 is 2.45 bits per heavy atom. The van der Waals surface area contributed by atoms with E-state index < -0.39 is 0 Å². The molecule has 0 amide bonds. The van der Waals surface area contributed by atoms with Gasteiger partial charge in [-0.25, -0.2) is 0 Å². The summed E-state index contributed by atoms with van der Waals surface area (Å²) in [6.45, 7) is 8.47. The zero-order chi connectivity index (χ0) is 27.5. The van der Waals surface area contributed by atoms with Gasteiger partial charge in [0.05, 0.1) is 19.3 Å². The van der Waals surface area contributed by atoms with Gasteiger partial charge in [0.2, 0.25) is 0 Å². The molecule has 4 fully saturated rings. The van der Waals surface area contributed by atoms with Crippen LogP contribution < -0.4 is 0 Å². The van der Waals surface area contributed by atoms with Crippen molar-refractivity contribution in [2.75, 3.05) is 13.2 Å². The van der Waals surface area contributed by atoms with Gasteiger partial charge in [0.1, 0.15) is 0 Å². The molecular weight excluding hydrogens is 494 g/mol. The number of benzene rings is 1. The predicted octanol–water partition coefficient (Wildman–Crippen LogP) is 7.41. The summed E-state index contributed by atoms with van der Waals surface area (Å²) in [5.41, 5.74) is 7.57. The maximum atomic E-state index is 11.2. The number of nitrogens with zero attached hydrogens (tertiary/aromatic N) is 1. The molecule has 0 radical (unpaired) electrons. The third-order valence-electron chi connectivity index (χ3n) is 11.5. The second-order valence-electron chi connectivity index (χ2n) is 14.7. The van der Waals surface area contributed by atoms with E-state index in [0.29, 0.717) is 23.7 Å². The van der Waals surface area contributed by atoms with E-state index in [-0.39, 0.29) is 22.7 Å². The van der Waals surface area contributed by atoms with Gasteiger partial charge < -0.3 is 14.6 Å². The molecule has 4 nitrogen and oxygen atoms in total. The minimum Gasteiger partial charge on any atom is -0.393 e. The zero-order valence-corrected chi connectivity index (χ0v) is 24.7. The van der Waals surface area contributed by atoms with E-state index in [4.69, 9.17) is 9.47 Å². The molecule has 7 rings (SSSR count). The second-order valence-corrected chi connectivity index (χ2v) is 14.7. The van der Waals surface area contributed by atoms with Gasteiger partial charge in [-0.3, -0.25) is 4.98 Å². The lowest BCUT2D eigenvalue weighted by Gasteiger charge is -2.55. The number of hydrogen-bond donors (Lipinski definition) is 1. The van der Waals surface area contributed by atoms with Gasteiger partial charge in [-0.1, -0.05) is 62.2 Å². The summed E-state index contributed by atoms with van der Waals surface area (Å²) < 4.78 is 13.0. The molecule has 1 spiro atoms. The normalized spacial score (nSPS) is 36.1. The predicted molar refractivity (Wildman–Crippen MR) is 158 cm³/mol. The smallest absolute Gasteiger partial charge is 0.169 e. The number of allylic oxidation sites excluding steroid dienone is 2. The van der Waals surface area contributed by atoms with E-state index in [2.05, 4.69) is 62.2 Å². The molecule has 6 atom stereocenters. The van der Waals surface area contributed by atoms with Gasteiger partial charge in [0.15, 0.2) is 5.79 Å². The van der Waals surface area contributed by atoms with E-state index in [0.717, 1.165) is 63.9 Å². The van der Waals surface area contributed by atoms with Crippen molar-refractivity contribution in [3.63, 3.8) is 0 Å². The molecular formula is C36H47NO3. The molecule has 1 aliphatic heterocycles. The van der Waals surface area contributed by atoms with Crippen LogP contribution in [0.1, 0.15) is 94.9 Å². The van der Waals surface area contributed by atoms with Crippen molar-refractivity contribution < 1.29 is 14.6 Å². The molecule has 0 bridgehead atoms. The molecule has 6 unspecified atom stereocenters. The first kappa shape index (κ1) is 26.9. The highest BCUT2D eigenvalue weighted by atomic mass is 16.7. The number of fused-ring (bicyclic) bond motifs is 4. The first-order valence-corrected chi connectivity index (χ1v) is 15.9. The Bertz CT molecular complexity index is 1240. The van der Waals surface area contributed by atoms with Crippen LogP contribution in [-0.2, 0) is 22.3 Å². The molecule has 1 aromatic heterocycles. The Kier molecular flexibility index (Phi) is 6.76. The van der Waals surface area contributed by atoms with Crippen LogP contribution in [0.3, 0.4) is 0 Å². The summed E-state index contributed by atoms with van der Waals surface area (Å²) >= 11 is 0. The highest BCUT2D eigenvalue weighted by molar-refractivity contribution is 5.41. The monoisotopic (exact) mass is 541 g/mol. The number of aliphatic hydroxyl groups is 1. The van der Waals surface area contributed by atoms with Crippen LogP contribution in [0.4, 0.5) is 0 Å². The Balaban J connectivity index is 1.18. The number of hydrogen-bond acceptors (Lipinski definition) is 4. The number of pyridine rings is 1. The summed E-state index contributed by atoms with van der Waals surface area (Å²) in [6.07, 6.45) is 12.5. The lowest BCUT2D eigenvalue weighted by atomic mass is 9.52. The molecule has 2 aromatic rings. The van der Waals surface area contributed by atoms with Crippen LogP contribution in [0.15, 0.2) is 59.8 Å². The van der Waals surface area contributed by atoms with Crippen molar-refractivity contribution in [2.45, 2.75) is 103 Å². The van der Waals surface area contributed by atoms with E-state index >= 15 is 0 Å². The van der Waals surface area contributed by atoms with Crippen LogP contribution in [0, 0.1) is 28.6 Å². The molecule has 1 N–H and O–H groups in total. The number of rotatable bonds is 4. The van der Waals surface area contributed by atoms with Crippen molar-refractivity contribution in [3.8, 4) is 0 Å². The first-order valence-electron chi connectivity index (χ1n) is 15.9. The molecule has 4 aliphatic carbocycles. The van der Waals surface area contributed by atoms with Crippen molar-refractivity contribution in [1.29, 1.82) is 0 Å². The summed E-state index contributed by atoms with van der Waals surface area (Å²) in [7, 11) is 0. The Morgan fingerprint density at radius 1 is 0.900 bits per heavy atom. The number of aryl methyl sites for hydroxylation is 2. The zero-order valence-electron chi connectivity index (χ0n) is 24.7. The molecule has 5 aliphatic rings. The van der Waals surface area contributed by atoms with E-state index in [1.807, 2.05) is 12.3 Å². The lowest BCUT2D eigenvalue weighted by molar-refractivity contribution is -0.312. The summed E-state index contributed by atoms with van der Waals surface area (Å²) in [5, 5.41) is 11.2. The van der Waals surface area contributed by atoms with Gasteiger partial charge in [0, 0.05) is 36.1 Å². The van der Waals surface area contributed by atoms with Crippen molar-refractivity contribution in [2.24, 2.45) is 28.6 Å². The summed E-state index contributed by atoms with van der Waals surface area (Å²) in [5.74, 6) is 1.81. The quantitative estimate of drug-likeness (QED) is 0.410. The van der Waals surface area contributed by atoms with E-state index in [1.165, 1.54) is 30.4 Å².